The molecule has 1 rings (SSSR count). The maximum absolute atomic E-state index is 12.9. The number of rotatable bonds is 31. The average molecular weight is 676 g/mol. The summed E-state index contributed by atoms with van der Waals surface area (Å²) in [4.78, 5) is 12.9. The van der Waals surface area contributed by atoms with Crippen LogP contribution in [0.5, 0.6) is 0 Å². The van der Waals surface area contributed by atoms with Gasteiger partial charge in [-0.15, -0.1) is 0 Å². The van der Waals surface area contributed by atoms with Crippen molar-refractivity contribution in [1.29, 1.82) is 0 Å². The van der Waals surface area contributed by atoms with Crippen LogP contribution in [0.2, 0.25) is 0 Å². The molecule has 47 heavy (non-hydrogen) atoms. The highest BCUT2D eigenvalue weighted by molar-refractivity contribution is 5.76. The van der Waals surface area contributed by atoms with E-state index in [1.165, 1.54) is 89.9 Å². The Balaban J connectivity index is 2.49. The molecule has 0 aliphatic carbocycles. The third-order valence-electron chi connectivity index (χ3n) is 9.55. The monoisotopic (exact) mass is 676 g/mol. The van der Waals surface area contributed by atoms with Gasteiger partial charge in [0.1, 0.15) is 30.5 Å². The molecule has 280 valence electrons. The van der Waals surface area contributed by atoms with Gasteiger partial charge in [0.2, 0.25) is 5.91 Å². The van der Waals surface area contributed by atoms with Gasteiger partial charge in [-0.1, -0.05) is 149 Å². The Morgan fingerprint density at radius 1 is 0.660 bits per heavy atom. The summed E-state index contributed by atoms with van der Waals surface area (Å²) in [6.07, 6.45) is 16.9. The van der Waals surface area contributed by atoms with Gasteiger partial charge in [-0.3, -0.25) is 4.79 Å². The van der Waals surface area contributed by atoms with Crippen LogP contribution in [0.15, 0.2) is 0 Å². The van der Waals surface area contributed by atoms with E-state index in [1.807, 2.05) is 0 Å². The number of amides is 1. The van der Waals surface area contributed by atoms with E-state index in [4.69, 9.17) is 9.47 Å². The molecule has 0 saturated carbocycles. The number of carbonyl (C=O) groups excluding carboxylic acids is 1. The van der Waals surface area contributed by atoms with Gasteiger partial charge in [0.25, 0.3) is 0 Å². The molecule has 0 bridgehead atoms. The molecular formula is C37H73NO9. The number of hydrogen-bond acceptors (Lipinski definition) is 9. The Labute approximate surface area is 286 Å². The van der Waals surface area contributed by atoms with Crippen LogP contribution in [0.25, 0.3) is 0 Å². The number of unbranched alkanes of at least 4 members (excludes halogenated alkanes) is 20. The molecule has 1 heterocycles. The maximum atomic E-state index is 12.9. The normalized spacial score (nSPS) is 23.4. The van der Waals surface area contributed by atoms with Gasteiger partial charge in [-0.2, -0.15) is 0 Å². The second-order valence-corrected chi connectivity index (χ2v) is 13.9. The minimum atomic E-state index is -1.60. The molecule has 1 saturated heterocycles. The molecule has 0 aromatic rings. The number of aliphatic hydroxyl groups is 6. The number of aliphatic hydroxyl groups excluding tert-OH is 6. The van der Waals surface area contributed by atoms with E-state index >= 15 is 0 Å². The summed E-state index contributed by atoms with van der Waals surface area (Å²) in [5, 5.41) is 64.6. The van der Waals surface area contributed by atoms with Crippen LogP contribution < -0.4 is 5.32 Å². The molecule has 0 aromatic carbocycles. The topological polar surface area (TPSA) is 169 Å². The molecule has 0 radical (unpaired) electrons. The zero-order valence-corrected chi connectivity index (χ0v) is 29.9. The molecule has 1 amide bonds. The average Bonchev–Trinajstić information content (AvgIpc) is 3.07. The Morgan fingerprint density at radius 2 is 1.11 bits per heavy atom. The van der Waals surface area contributed by atoms with Crippen molar-refractivity contribution in [2.75, 3.05) is 13.2 Å². The lowest BCUT2D eigenvalue weighted by atomic mass is 9.98. The number of hydrogen-bond donors (Lipinski definition) is 7. The van der Waals surface area contributed by atoms with E-state index in [0.29, 0.717) is 6.42 Å². The van der Waals surface area contributed by atoms with Gasteiger partial charge < -0.3 is 45.4 Å². The lowest BCUT2D eigenvalue weighted by molar-refractivity contribution is -0.303. The summed E-state index contributed by atoms with van der Waals surface area (Å²) in [6, 6.07) is -0.981. The molecule has 7 N–H and O–H groups in total. The van der Waals surface area contributed by atoms with Gasteiger partial charge >= 0.3 is 0 Å². The number of nitrogens with one attached hydrogen (secondary N) is 1. The van der Waals surface area contributed by atoms with Gasteiger partial charge in [0.05, 0.1) is 25.4 Å². The van der Waals surface area contributed by atoms with Crippen LogP contribution in [0.3, 0.4) is 0 Å². The maximum Gasteiger partial charge on any atom is 0.220 e. The highest BCUT2D eigenvalue weighted by Gasteiger charge is 2.44. The Kier molecular flexibility index (Phi) is 27.2. The fourth-order valence-corrected chi connectivity index (χ4v) is 6.31. The van der Waals surface area contributed by atoms with Crippen molar-refractivity contribution in [2.45, 2.75) is 217 Å². The zero-order valence-electron chi connectivity index (χ0n) is 29.9. The van der Waals surface area contributed by atoms with Crippen molar-refractivity contribution in [3.63, 3.8) is 0 Å². The number of carbonyl (C=O) groups is 1. The molecular weight excluding hydrogens is 602 g/mol. The fourth-order valence-electron chi connectivity index (χ4n) is 6.31. The van der Waals surface area contributed by atoms with E-state index in [-0.39, 0.29) is 18.9 Å². The highest BCUT2D eigenvalue weighted by Crippen LogP contribution is 2.23. The minimum Gasteiger partial charge on any atom is -0.394 e. The smallest absolute Gasteiger partial charge is 0.220 e. The summed E-state index contributed by atoms with van der Waals surface area (Å²) >= 11 is 0. The Hall–Kier alpha value is -0.850. The molecule has 1 fully saturated rings. The predicted octanol–water partition coefficient (Wildman–Crippen LogP) is 5.41. The van der Waals surface area contributed by atoms with Crippen LogP contribution >= 0.6 is 0 Å². The molecule has 0 spiro atoms. The lowest BCUT2D eigenvalue weighted by Crippen LogP contribution is -2.60. The van der Waals surface area contributed by atoms with Crippen LogP contribution in [0.4, 0.5) is 0 Å². The third kappa shape index (κ3) is 20.4. The molecule has 2 unspecified atom stereocenters. The standard InChI is InChI=1S/C37H73NO9/c1-3-5-7-9-11-13-14-15-16-18-20-22-24-26-32(41)38-29(28-46-37-36(45)35(44)34(43)31(27-39)47-37)33(42)30(40)25-23-21-19-17-12-10-8-6-4-2/h29-31,33-37,39-40,42-45H,3-28H2,1-2H3,(H,38,41)/t29-,30+,31+,33-,34+,35?,36?,37+/m0/s1. The summed E-state index contributed by atoms with van der Waals surface area (Å²) < 4.78 is 11.1. The molecule has 10 nitrogen and oxygen atoms in total. The first-order chi connectivity index (χ1) is 22.8. The zero-order chi connectivity index (χ0) is 34.7. The molecule has 8 atom stereocenters. The van der Waals surface area contributed by atoms with E-state index in [9.17, 15) is 35.4 Å². The van der Waals surface area contributed by atoms with Crippen LogP contribution in [0.1, 0.15) is 168 Å². The van der Waals surface area contributed by atoms with Crippen molar-refractivity contribution in [3.05, 3.63) is 0 Å². The summed E-state index contributed by atoms with van der Waals surface area (Å²) in [5.41, 5.74) is 0. The van der Waals surface area contributed by atoms with Crippen LogP contribution in [-0.4, -0.2) is 98.7 Å². The highest BCUT2D eigenvalue weighted by atomic mass is 16.7. The predicted molar refractivity (Wildman–Crippen MR) is 186 cm³/mol. The van der Waals surface area contributed by atoms with Crippen LogP contribution in [0, 0.1) is 0 Å². The van der Waals surface area contributed by atoms with Gasteiger partial charge in [-0.05, 0) is 12.8 Å². The largest absolute Gasteiger partial charge is 0.394 e. The van der Waals surface area contributed by atoms with Crippen molar-refractivity contribution in [3.8, 4) is 0 Å². The van der Waals surface area contributed by atoms with E-state index in [0.717, 1.165) is 51.4 Å². The SMILES string of the molecule is CCCCCCCCCCCCCCCC(=O)N[C@@H](CO[C@@H]1O[C@H](CO)[C@@H](O)C(O)C1O)[C@H](O)[C@H](O)CCCCCCCCCCC. The van der Waals surface area contributed by atoms with E-state index in [2.05, 4.69) is 19.2 Å². The molecule has 1 aliphatic heterocycles. The van der Waals surface area contributed by atoms with Crippen molar-refractivity contribution >= 4 is 5.91 Å². The Morgan fingerprint density at radius 3 is 1.57 bits per heavy atom. The van der Waals surface area contributed by atoms with Crippen molar-refractivity contribution < 1.29 is 44.9 Å². The lowest BCUT2D eigenvalue weighted by Gasteiger charge is -2.40. The second-order valence-electron chi connectivity index (χ2n) is 13.9. The van der Waals surface area contributed by atoms with E-state index in [1.54, 1.807) is 0 Å². The minimum absolute atomic E-state index is 0.259. The molecule has 10 heteroatoms. The second kappa shape index (κ2) is 28.9. The van der Waals surface area contributed by atoms with E-state index < -0.39 is 55.6 Å². The van der Waals surface area contributed by atoms with Crippen LogP contribution in [-0.2, 0) is 14.3 Å². The fraction of sp³-hybridized carbons (Fsp3) is 0.973. The van der Waals surface area contributed by atoms with Gasteiger partial charge in [-0.25, -0.2) is 0 Å². The van der Waals surface area contributed by atoms with Crippen molar-refractivity contribution in [2.24, 2.45) is 0 Å². The first kappa shape index (κ1) is 44.2. The summed E-state index contributed by atoms with van der Waals surface area (Å²) in [6.45, 7) is 3.55. The summed E-state index contributed by atoms with van der Waals surface area (Å²) in [7, 11) is 0. The summed E-state index contributed by atoms with van der Waals surface area (Å²) in [5.74, 6) is -0.259. The first-order valence-corrected chi connectivity index (χ1v) is 19.3. The number of ether oxygens (including phenoxy) is 2. The Bertz CT molecular complexity index is 728. The quantitative estimate of drug-likeness (QED) is 0.0475. The third-order valence-corrected chi connectivity index (χ3v) is 9.55. The van der Waals surface area contributed by atoms with Crippen molar-refractivity contribution in [1.82, 2.24) is 5.32 Å². The molecule has 0 aromatic heterocycles. The van der Waals surface area contributed by atoms with Gasteiger partial charge in [0.15, 0.2) is 6.29 Å². The first-order valence-electron chi connectivity index (χ1n) is 19.3. The van der Waals surface area contributed by atoms with Gasteiger partial charge in [0, 0.05) is 6.42 Å². The molecule has 1 aliphatic rings.